The zero-order valence-corrected chi connectivity index (χ0v) is 19.3. The maximum atomic E-state index is 13.0. The molecule has 1 atom stereocenters. The van der Waals surface area contributed by atoms with E-state index in [4.69, 9.17) is 11.6 Å². The third kappa shape index (κ3) is 3.83. The predicted octanol–water partition coefficient (Wildman–Crippen LogP) is 6.49. The van der Waals surface area contributed by atoms with Crippen LogP contribution in [0.5, 0.6) is 0 Å². The quantitative estimate of drug-likeness (QED) is 0.232. The zero-order valence-electron chi connectivity index (χ0n) is 15.4. The van der Waals surface area contributed by atoms with Crippen LogP contribution < -0.4 is 4.90 Å². The van der Waals surface area contributed by atoms with Gasteiger partial charge in [0.1, 0.15) is 5.76 Å². The van der Waals surface area contributed by atoms with Crippen LogP contribution in [0.3, 0.4) is 0 Å². The summed E-state index contributed by atoms with van der Waals surface area (Å²) in [5, 5.41) is 11.6. The van der Waals surface area contributed by atoms with Crippen molar-refractivity contribution in [2.45, 2.75) is 6.04 Å². The maximum Gasteiger partial charge on any atom is 0.300 e. The summed E-state index contributed by atoms with van der Waals surface area (Å²) in [4.78, 5) is 27.5. The Bertz CT molecular complexity index is 1160. The van der Waals surface area contributed by atoms with E-state index in [-0.39, 0.29) is 11.3 Å². The predicted molar refractivity (Wildman–Crippen MR) is 125 cm³/mol. The second-order valence-electron chi connectivity index (χ2n) is 6.70. The van der Waals surface area contributed by atoms with Crippen molar-refractivity contribution in [2.24, 2.45) is 0 Å². The molecule has 1 aliphatic rings. The number of anilines is 1. The molecule has 0 saturated carbocycles. The molecule has 4 rings (SSSR count). The average Bonchev–Trinajstić information content (AvgIpc) is 3.00. The lowest BCUT2D eigenvalue weighted by Crippen LogP contribution is -2.29. The summed E-state index contributed by atoms with van der Waals surface area (Å²) < 4.78 is 1.68. The largest absolute Gasteiger partial charge is 0.507 e. The summed E-state index contributed by atoms with van der Waals surface area (Å²) in [5.74, 6) is -1.66. The van der Waals surface area contributed by atoms with E-state index in [0.717, 1.165) is 8.95 Å². The summed E-state index contributed by atoms with van der Waals surface area (Å²) in [6.45, 7) is 0. The summed E-state index contributed by atoms with van der Waals surface area (Å²) in [7, 11) is 0. The smallest absolute Gasteiger partial charge is 0.300 e. The fourth-order valence-electron chi connectivity index (χ4n) is 3.42. The molecule has 1 N–H and O–H groups in total. The number of nitrogens with zero attached hydrogens (tertiary/aromatic N) is 1. The number of halogens is 3. The van der Waals surface area contributed by atoms with Crippen molar-refractivity contribution in [3.63, 3.8) is 0 Å². The first-order valence-electron chi connectivity index (χ1n) is 8.95. The van der Waals surface area contributed by atoms with Crippen molar-refractivity contribution in [1.29, 1.82) is 0 Å². The molecule has 3 aromatic rings. The normalized spacial score (nSPS) is 18.1. The molecule has 1 fully saturated rings. The molecule has 7 heteroatoms. The van der Waals surface area contributed by atoms with E-state index in [1.54, 1.807) is 72.8 Å². The first kappa shape index (κ1) is 20.8. The van der Waals surface area contributed by atoms with Crippen LogP contribution in [0, 0.1) is 0 Å². The Morgan fingerprint density at radius 3 is 1.93 bits per heavy atom. The first-order chi connectivity index (χ1) is 14.4. The molecule has 3 aromatic carbocycles. The zero-order chi connectivity index (χ0) is 21.4. The van der Waals surface area contributed by atoms with Crippen molar-refractivity contribution >= 4 is 66.6 Å². The Balaban J connectivity index is 1.93. The van der Waals surface area contributed by atoms with Gasteiger partial charge in [-0.05, 0) is 54.1 Å². The number of carbonyl (C=O) groups is 2. The van der Waals surface area contributed by atoms with Gasteiger partial charge >= 0.3 is 0 Å². The van der Waals surface area contributed by atoms with E-state index in [1.165, 1.54) is 4.90 Å². The Morgan fingerprint density at radius 2 is 1.37 bits per heavy atom. The highest BCUT2D eigenvalue weighted by molar-refractivity contribution is 9.10. The summed E-state index contributed by atoms with van der Waals surface area (Å²) in [6, 6.07) is 20.1. The number of aliphatic hydroxyl groups excluding tert-OH is 1. The molecule has 0 spiro atoms. The minimum atomic E-state index is -0.785. The van der Waals surface area contributed by atoms with Crippen LogP contribution >= 0.6 is 43.5 Å². The van der Waals surface area contributed by atoms with Crippen LogP contribution in [0.25, 0.3) is 5.76 Å². The van der Waals surface area contributed by atoms with Crippen LogP contribution in [-0.4, -0.2) is 16.8 Å². The molecular weight excluding hydrogens is 534 g/mol. The molecule has 30 heavy (non-hydrogen) atoms. The van der Waals surface area contributed by atoms with Gasteiger partial charge in [0.15, 0.2) is 0 Å². The topological polar surface area (TPSA) is 57.6 Å². The standard InChI is InChI=1S/C23H14Br2ClNO3/c24-15-5-1-14(2-6-15)21(28)19-20(13-3-9-17(26)10-4-13)27(23(30)22(19)29)18-11-7-16(25)8-12-18/h1-12,20,28H/b21-19+/t20-/m0/s1. The molecule has 1 heterocycles. The van der Waals surface area contributed by atoms with Crippen molar-refractivity contribution < 1.29 is 14.7 Å². The molecule has 1 saturated heterocycles. The van der Waals surface area contributed by atoms with E-state index >= 15 is 0 Å². The first-order valence-corrected chi connectivity index (χ1v) is 10.9. The molecule has 0 aromatic heterocycles. The van der Waals surface area contributed by atoms with Gasteiger partial charge in [-0.1, -0.05) is 67.7 Å². The van der Waals surface area contributed by atoms with Crippen LogP contribution in [0.2, 0.25) is 5.02 Å². The molecule has 0 unspecified atom stereocenters. The van der Waals surface area contributed by atoms with Gasteiger partial charge in [0.05, 0.1) is 11.6 Å². The van der Waals surface area contributed by atoms with Crippen molar-refractivity contribution in [2.75, 3.05) is 4.90 Å². The van der Waals surface area contributed by atoms with E-state index in [2.05, 4.69) is 31.9 Å². The molecule has 0 aliphatic carbocycles. The second-order valence-corrected chi connectivity index (χ2v) is 8.97. The van der Waals surface area contributed by atoms with Gasteiger partial charge < -0.3 is 5.11 Å². The second kappa shape index (κ2) is 8.38. The Hall–Kier alpha value is -2.41. The minimum Gasteiger partial charge on any atom is -0.507 e. The highest BCUT2D eigenvalue weighted by atomic mass is 79.9. The lowest BCUT2D eigenvalue weighted by Gasteiger charge is -2.25. The summed E-state index contributed by atoms with van der Waals surface area (Å²) >= 11 is 12.8. The molecule has 1 aliphatic heterocycles. The fourth-order valence-corrected chi connectivity index (χ4v) is 4.08. The van der Waals surface area contributed by atoms with Crippen molar-refractivity contribution in [3.05, 3.63) is 103 Å². The molecule has 1 amide bonds. The van der Waals surface area contributed by atoms with Gasteiger partial charge in [0.2, 0.25) is 0 Å². The van der Waals surface area contributed by atoms with Gasteiger partial charge in [-0.2, -0.15) is 0 Å². The van der Waals surface area contributed by atoms with Crippen LogP contribution in [0.4, 0.5) is 5.69 Å². The molecule has 150 valence electrons. The van der Waals surface area contributed by atoms with E-state index < -0.39 is 17.7 Å². The Kier molecular flexibility index (Phi) is 5.82. The number of benzene rings is 3. The number of carbonyl (C=O) groups excluding carboxylic acids is 2. The number of aliphatic hydroxyl groups is 1. The van der Waals surface area contributed by atoms with Gasteiger partial charge in [-0.3, -0.25) is 14.5 Å². The van der Waals surface area contributed by atoms with Crippen LogP contribution in [0.15, 0.2) is 87.3 Å². The number of hydrogen-bond donors (Lipinski definition) is 1. The van der Waals surface area contributed by atoms with Gasteiger partial charge in [0, 0.05) is 25.2 Å². The van der Waals surface area contributed by atoms with Gasteiger partial charge in [-0.15, -0.1) is 0 Å². The number of rotatable bonds is 3. The molecule has 4 nitrogen and oxygen atoms in total. The third-order valence-electron chi connectivity index (χ3n) is 4.85. The number of amides is 1. The number of hydrogen-bond acceptors (Lipinski definition) is 3. The van der Waals surface area contributed by atoms with Crippen LogP contribution in [0.1, 0.15) is 17.2 Å². The summed E-state index contributed by atoms with van der Waals surface area (Å²) in [6.07, 6.45) is 0. The van der Waals surface area contributed by atoms with E-state index in [9.17, 15) is 14.7 Å². The SMILES string of the molecule is O=C1C(=O)N(c2ccc(Br)cc2)[C@@H](c2ccc(Cl)cc2)/C1=C(\O)c1ccc(Br)cc1. The molecular formula is C23H14Br2ClNO3. The van der Waals surface area contributed by atoms with E-state index in [1.807, 2.05) is 0 Å². The molecule has 0 bridgehead atoms. The number of Topliss-reactive ketones (excluding diaryl/α,β-unsaturated/α-hetero) is 1. The van der Waals surface area contributed by atoms with Crippen molar-refractivity contribution in [3.8, 4) is 0 Å². The molecule has 0 radical (unpaired) electrons. The lowest BCUT2D eigenvalue weighted by molar-refractivity contribution is -0.132. The fraction of sp³-hybridized carbons (Fsp3) is 0.0435. The Labute approximate surface area is 195 Å². The van der Waals surface area contributed by atoms with Crippen molar-refractivity contribution in [1.82, 2.24) is 0 Å². The monoisotopic (exact) mass is 545 g/mol. The average molecular weight is 548 g/mol. The highest BCUT2D eigenvalue weighted by Gasteiger charge is 2.46. The maximum absolute atomic E-state index is 13.0. The van der Waals surface area contributed by atoms with Gasteiger partial charge in [0.25, 0.3) is 11.7 Å². The third-order valence-corrected chi connectivity index (χ3v) is 6.16. The van der Waals surface area contributed by atoms with E-state index in [0.29, 0.717) is 21.8 Å². The Morgan fingerprint density at radius 1 is 0.833 bits per heavy atom. The van der Waals surface area contributed by atoms with Crippen LogP contribution in [-0.2, 0) is 9.59 Å². The highest BCUT2D eigenvalue weighted by Crippen LogP contribution is 2.42. The van der Waals surface area contributed by atoms with Gasteiger partial charge in [-0.25, -0.2) is 0 Å². The minimum absolute atomic E-state index is 0.0348. The lowest BCUT2D eigenvalue weighted by atomic mass is 9.95. The summed E-state index contributed by atoms with van der Waals surface area (Å²) in [5.41, 5.74) is 1.70. The number of ketones is 1.